The van der Waals surface area contributed by atoms with Crippen LogP contribution in [0.15, 0.2) is 18.2 Å². The number of hydrogen-bond acceptors (Lipinski definition) is 4. The normalized spacial score (nSPS) is 19.1. The van der Waals surface area contributed by atoms with Gasteiger partial charge in [0, 0.05) is 26.2 Å². The van der Waals surface area contributed by atoms with Crippen LogP contribution in [0, 0.1) is 0 Å². The van der Waals surface area contributed by atoms with E-state index in [2.05, 4.69) is 10.6 Å². The number of nitrogens with one attached hydrogen (secondary N) is 2. The largest absolute Gasteiger partial charge is 0.508 e. The quantitative estimate of drug-likeness (QED) is 0.725. The van der Waals surface area contributed by atoms with Gasteiger partial charge in [-0.3, -0.25) is 4.79 Å². The molecule has 0 saturated carbocycles. The van der Waals surface area contributed by atoms with Gasteiger partial charge in [-0.25, -0.2) is 0 Å². The second-order valence-corrected chi connectivity index (χ2v) is 5.49. The summed E-state index contributed by atoms with van der Waals surface area (Å²) < 4.78 is 0. The lowest BCUT2D eigenvalue weighted by atomic mass is 10.1. The lowest BCUT2D eigenvalue weighted by Gasteiger charge is -2.40. The second kappa shape index (κ2) is 7.13. The Morgan fingerprint density at radius 2 is 1.95 bits per heavy atom. The van der Waals surface area contributed by atoms with E-state index in [0.717, 1.165) is 26.2 Å². The second-order valence-electron chi connectivity index (χ2n) is 4.67. The molecule has 0 bridgehead atoms. The van der Waals surface area contributed by atoms with Crippen LogP contribution >= 0.6 is 23.2 Å². The van der Waals surface area contributed by atoms with Crippen LogP contribution in [-0.2, 0) is 4.79 Å². The van der Waals surface area contributed by atoms with E-state index in [9.17, 15) is 4.79 Å². The molecular weight excluding hydrogens is 301 g/mol. The third-order valence-corrected chi connectivity index (χ3v) is 3.97. The van der Waals surface area contributed by atoms with Crippen molar-refractivity contribution < 1.29 is 9.90 Å². The highest BCUT2D eigenvalue weighted by Gasteiger charge is 2.29. The topological polar surface area (TPSA) is 64.6 Å². The SMILES string of the molecule is O=C1CNCCN1C1CNC1.Oc1ccc(Cl)c(Cl)c1. The molecule has 0 atom stereocenters. The number of carbonyl (C=O) groups excluding carboxylic acids is 1. The minimum absolute atomic E-state index is 0.129. The van der Waals surface area contributed by atoms with Crippen LogP contribution < -0.4 is 10.6 Å². The van der Waals surface area contributed by atoms with E-state index in [0.29, 0.717) is 22.6 Å². The number of benzene rings is 1. The van der Waals surface area contributed by atoms with Crippen molar-refractivity contribution >= 4 is 29.1 Å². The zero-order valence-electron chi connectivity index (χ0n) is 10.9. The standard InChI is InChI=1S/C7H13N3O.C6H4Cl2O/c11-7-5-8-1-2-10(7)6-3-9-4-6;7-5-2-1-4(9)3-6(5)8/h6,8-9H,1-5H2;1-3,9H. The van der Waals surface area contributed by atoms with E-state index in [4.69, 9.17) is 28.3 Å². The van der Waals surface area contributed by atoms with Crippen molar-refractivity contribution in [1.82, 2.24) is 15.5 Å². The van der Waals surface area contributed by atoms with Crippen molar-refractivity contribution in [2.75, 3.05) is 32.7 Å². The smallest absolute Gasteiger partial charge is 0.236 e. The summed E-state index contributed by atoms with van der Waals surface area (Å²) in [7, 11) is 0. The van der Waals surface area contributed by atoms with Crippen LogP contribution in [-0.4, -0.2) is 54.7 Å². The van der Waals surface area contributed by atoms with Crippen molar-refractivity contribution in [3.63, 3.8) is 0 Å². The predicted octanol–water partition coefficient (Wildman–Crippen LogP) is 1.09. The van der Waals surface area contributed by atoms with E-state index >= 15 is 0 Å². The Hall–Kier alpha value is -1.01. The Morgan fingerprint density at radius 3 is 2.45 bits per heavy atom. The molecular formula is C13H17Cl2N3O2. The Balaban J connectivity index is 0.000000151. The fraction of sp³-hybridized carbons (Fsp3) is 0.462. The number of aromatic hydroxyl groups is 1. The maximum atomic E-state index is 11.3. The van der Waals surface area contributed by atoms with Crippen molar-refractivity contribution in [1.29, 1.82) is 0 Å². The van der Waals surface area contributed by atoms with E-state index in [1.807, 2.05) is 4.90 Å². The number of piperazine rings is 1. The minimum atomic E-state index is 0.129. The number of nitrogens with zero attached hydrogens (tertiary/aromatic N) is 1. The van der Waals surface area contributed by atoms with Gasteiger partial charge in [-0.2, -0.15) is 0 Å². The summed E-state index contributed by atoms with van der Waals surface area (Å²) in [5.41, 5.74) is 0. The van der Waals surface area contributed by atoms with Crippen LogP contribution in [0.2, 0.25) is 10.0 Å². The van der Waals surface area contributed by atoms with Crippen LogP contribution in [0.4, 0.5) is 0 Å². The van der Waals surface area contributed by atoms with E-state index in [-0.39, 0.29) is 11.7 Å². The van der Waals surface area contributed by atoms with Crippen LogP contribution in [0.5, 0.6) is 5.75 Å². The van der Waals surface area contributed by atoms with Gasteiger partial charge in [0.1, 0.15) is 5.75 Å². The van der Waals surface area contributed by atoms with Gasteiger partial charge in [-0.1, -0.05) is 23.2 Å². The van der Waals surface area contributed by atoms with Crippen LogP contribution in [0.25, 0.3) is 0 Å². The lowest BCUT2D eigenvalue weighted by molar-refractivity contribution is -0.135. The summed E-state index contributed by atoms with van der Waals surface area (Å²) in [6.45, 7) is 4.31. The molecule has 1 amide bonds. The third-order valence-electron chi connectivity index (χ3n) is 3.23. The highest BCUT2D eigenvalue weighted by atomic mass is 35.5. The number of halogens is 2. The van der Waals surface area contributed by atoms with Gasteiger partial charge in [-0.05, 0) is 18.2 Å². The molecule has 0 aromatic heterocycles. The summed E-state index contributed by atoms with van der Waals surface area (Å²) in [5, 5.41) is 15.8. The van der Waals surface area contributed by atoms with Gasteiger partial charge in [0.15, 0.2) is 0 Å². The first-order valence-electron chi connectivity index (χ1n) is 6.43. The van der Waals surface area contributed by atoms with Gasteiger partial charge in [0.25, 0.3) is 0 Å². The molecule has 20 heavy (non-hydrogen) atoms. The summed E-state index contributed by atoms with van der Waals surface area (Å²) in [6, 6.07) is 4.89. The number of phenolic OH excluding ortho intramolecular Hbond substituents is 1. The maximum Gasteiger partial charge on any atom is 0.236 e. The Kier molecular flexibility index (Phi) is 5.48. The van der Waals surface area contributed by atoms with Gasteiger partial charge in [0.2, 0.25) is 5.91 Å². The molecule has 2 aliphatic rings. The molecule has 7 heteroatoms. The van der Waals surface area contributed by atoms with Gasteiger partial charge < -0.3 is 20.6 Å². The van der Waals surface area contributed by atoms with Crippen molar-refractivity contribution in [2.24, 2.45) is 0 Å². The van der Waals surface area contributed by atoms with Gasteiger partial charge in [0.05, 0.1) is 22.6 Å². The maximum absolute atomic E-state index is 11.3. The molecule has 2 saturated heterocycles. The Morgan fingerprint density at radius 1 is 1.20 bits per heavy atom. The minimum Gasteiger partial charge on any atom is -0.508 e. The first-order chi connectivity index (χ1) is 9.58. The monoisotopic (exact) mass is 317 g/mol. The van der Waals surface area contributed by atoms with E-state index < -0.39 is 0 Å². The summed E-state index contributed by atoms with van der Waals surface area (Å²) in [4.78, 5) is 13.2. The molecule has 110 valence electrons. The fourth-order valence-electron chi connectivity index (χ4n) is 1.99. The third kappa shape index (κ3) is 3.99. The molecule has 3 N–H and O–H groups in total. The highest BCUT2D eigenvalue weighted by Crippen LogP contribution is 2.25. The van der Waals surface area contributed by atoms with Crippen molar-refractivity contribution in [2.45, 2.75) is 6.04 Å². The van der Waals surface area contributed by atoms with Crippen LogP contribution in [0.3, 0.4) is 0 Å². The number of hydrogen-bond donors (Lipinski definition) is 3. The lowest BCUT2D eigenvalue weighted by Crippen LogP contribution is -2.63. The summed E-state index contributed by atoms with van der Waals surface area (Å²) in [6.07, 6.45) is 0. The molecule has 2 heterocycles. The molecule has 1 aromatic carbocycles. The molecule has 1 aromatic rings. The zero-order chi connectivity index (χ0) is 14.5. The molecule has 5 nitrogen and oxygen atoms in total. The molecule has 0 unspecified atom stereocenters. The molecule has 0 aliphatic carbocycles. The van der Waals surface area contributed by atoms with Crippen LogP contribution in [0.1, 0.15) is 0 Å². The average molecular weight is 318 g/mol. The number of carbonyl (C=O) groups is 1. The van der Waals surface area contributed by atoms with E-state index in [1.165, 1.54) is 12.1 Å². The Bertz CT molecular complexity index is 481. The number of amides is 1. The molecule has 3 rings (SSSR count). The Labute approximate surface area is 127 Å². The van der Waals surface area contributed by atoms with E-state index in [1.54, 1.807) is 6.07 Å². The fourth-order valence-corrected chi connectivity index (χ4v) is 2.28. The molecule has 0 spiro atoms. The van der Waals surface area contributed by atoms with Gasteiger partial charge >= 0.3 is 0 Å². The van der Waals surface area contributed by atoms with Crippen molar-refractivity contribution in [3.05, 3.63) is 28.2 Å². The summed E-state index contributed by atoms with van der Waals surface area (Å²) >= 11 is 11.1. The number of phenols is 1. The highest BCUT2D eigenvalue weighted by molar-refractivity contribution is 6.42. The molecule has 0 radical (unpaired) electrons. The first kappa shape index (κ1) is 15.4. The first-order valence-corrected chi connectivity index (χ1v) is 7.18. The van der Waals surface area contributed by atoms with Crippen molar-refractivity contribution in [3.8, 4) is 5.75 Å². The number of rotatable bonds is 1. The predicted molar refractivity (Wildman–Crippen MR) is 79.4 cm³/mol. The molecule has 2 fully saturated rings. The zero-order valence-corrected chi connectivity index (χ0v) is 12.4. The summed E-state index contributed by atoms with van der Waals surface area (Å²) in [5.74, 6) is 0.382. The average Bonchev–Trinajstić information content (AvgIpc) is 2.36. The molecule has 2 aliphatic heterocycles. The van der Waals surface area contributed by atoms with Gasteiger partial charge in [-0.15, -0.1) is 0 Å².